The second kappa shape index (κ2) is 8.68. The average Bonchev–Trinajstić information content (AvgIpc) is 3.72. The van der Waals surface area contributed by atoms with Crippen molar-refractivity contribution in [1.29, 1.82) is 0 Å². The van der Waals surface area contributed by atoms with E-state index in [9.17, 15) is 14.4 Å². The molecule has 0 aromatic rings. The highest BCUT2D eigenvalue weighted by Gasteiger charge is 2.78. The molecule has 36 heavy (non-hydrogen) atoms. The number of epoxide rings is 2. The first kappa shape index (κ1) is 24.9. The SMILES string of the molecule is CC1=CC2OC3CCC(C)(C2(COC(=O)C2OC2(C)CCOC(=O)C=CC=CC(=O)O)C=C1)C31CO1. The Morgan fingerprint density at radius 2 is 1.94 bits per heavy atom. The van der Waals surface area contributed by atoms with E-state index in [-0.39, 0.29) is 36.4 Å². The van der Waals surface area contributed by atoms with E-state index >= 15 is 0 Å². The van der Waals surface area contributed by atoms with Gasteiger partial charge in [0.05, 0.1) is 30.8 Å². The highest BCUT2D eigenvalue weighted by molar-refractivity contribution is 5.83. The molecular weight excluding hydrogens is 468 g/mol. The summed E-state index contributed by atoms with van der Waals surface area (Å²) in [6.45, 7) is 6.95. The zero-order valence-corrected chi connectivity index (χ0v) is 20.7. The number of carboxylic acid groups (broad SMARTS) is 1. The maximum atomic E-state index is 13.0. The van der Waals surface area contributed by atoms with Gasteiger partial charge in [0.25, 0.3) is 0 Å². The number of fused-ring (bicyclic) bond motifs is 2. The van der Waals surface area contributed by atoms with Gasteiger partial charge in [-0.1, -0.05) is 42.9 Å². The number of carbonyl (C=O) groups is 3. The van der Waals surface area contributed by atoms with Gasteiger partial charge in [-0.15, -0.1) is 0 Å². The normalized spacial score (nSPS) is 41.9. The Kier molecular flexibility index (Phi) is 6.01. The lowest BCUT2D eigenvalue weighted by Gasteiger charge is -2.55. The summed E-state index contributed by atoms with van der Waals surface area (Å²) in [6.07, 6.45) is 12.2. The van der Waals surface area contributed by atoms with Gasteiger partial charge in [-0.2, -0.15) is 0 Å². The second-order valence-corrected chi connectivity index (χ2v) is 10.8. The van der Waals surface area contributed by atoms with E-state index in [2.05, 4.69) is 25.2 Å². The average molecular weight is 501 g/mol. The van der Waals surface area contributed by atoms with E-state index in [1.165, 1.54) is 12.2 Å². The number of rotatable bonds is 9. The van der Waals surface area contributed by atoms with Crippen molar-refractivity contribution in [2.75, 3.05) is 19.8 Å². The van der Waals surface area contributed by atoms with Crippen molar-refractivity contribution in [3.05, 3.63) is 48.1 Å². The smallest absolute Gasteiger partial charge is 0.338 e. The van der Waals surface area contributed by atoms with Gasteiger partial charge < -0.3 is 28.8 Å². The quantitative estimate of drug-likeness (QED) is 0.220. The Morgan fingerprint density at radius 3 is 2.67 bits per heavy atom. The third kappa shape index (κ3) is 3.93. The molecule has 0 aromatic heterocycles. The second-order valence-electron chi connectivity index (χ2n) is 10.8. The molecule has 1 N–H and O–H groups in total. The van der Waals surface area contributed by atoms with Crippen LogP contribution >= 0.6 is 0 Å². The maximum absolute atomic E-state index is 13.0. The van der Waals surface area contributed by atoms with Crippen LogP contribution in [-0.2, 0) is 38.1 Å². The lowest BCUT2D eigenvalue weighted by Crippen LogP contribution is -2.63. The number of ether oxygens (including phenoxy) is 5. The molecule has 0 aromatic carbocycles. The first-order valence-electron chi connectivity index (χ1n) is 12.3. The van der Waals surface area contributed by atoms with E-state index in [1.54, 1.807) is 6.92 Å². The number of esters is 2. The summed E-state index contributed by atoms with van der Waals surface area (Å²) in [7, 11) is 0. The van der Waals surface area contributed by atoms with E-state index in [4.69, 9.17) is 28.8 Å². The van der Waals surface area contributed by atoms with Crippen LogP contribution in [0, 0.1) is 10.8 Å². The summed E-state index contributed by atoms with van der Waals surface area (Å²) in [4.78, 5) is 35.1. The predicted molar refractivity (Wildman–Crippen MR) is 126 cm³/mol. The van der Waals surface area contributed by atoms with Crippen molar-refractivity contribution < 1.29 is 43.2 Å². The fourth-order valence-corrected chi connectivity index (χ4v) is 6.21. The molecule has 9 nitrogen and oxygen atoms in total. The van der Waals surface area contributed by atoms with Crippen molar-refractivity contribution in [2.45, 2.75) is 69.5 Å². The van der Waals surface area contributed by atoms with Gasteiger partial charge in [-0.3, -0.25) is 0 Å². The van der Waals surface area contributed by atoms with Crippen LogP contribution in [0.3, 0.4) is 0 Å². The molecule has 0 radical (unpaired) electrons. The molecule has 5 rings (SSSR count). The van der Waals surface area contributed by atoms with Gasteiger partial charge in [0, 0.05) is 24.0 Å². The predicted octanol–water partition coefficient (Wildman–Crippen LogP) is 2.66. The minimum Gasteiger partial charge on any atom is -0.478 e. The topological polar surface area (TPSA) is 124 Å². The van der Waals surface area contributed by atoms with Crippen LogP contribution in [0.25, 0.3) is 0 Å². The summed E-state index contributed by atoms with van der Waals surface area (Å²) in [5, 5.41) is 8.53. The number of hydrogen-bond donors (Lipinski definition) is 1. The van der Waals surface area contributed by atoms with E-state index in [0.717, 1.165) is 30.6 Å². The highest BCUT2D eigenvalue weighted by atomic mass is 16.7. The van der Waals surface area contributed by atoms with Crippen LogP contribution in [0.4, 0.5) is 0 Å². The minimum absolute atomic E-state index is 0.0536. The highest BCUT2D eigenvalue weighted by Crippen LogP contribution is 2.70. The number of allylic oxidation sites excluding steroid dienone is 4. The lowest BCUT2D eigenvalue weighted by molar-refractivity contribution is -0.195. The van der Waals surface area contributed by atoms with Crippen molar-refractivity contribution in [3.63, 3.8) is 0 Å². The third-order valence-corrected chi connectivity index (χ3v) is 8.70. The molecule has 194 valence electrons. The summed E-state index contributed by atoms with van der Waals surface area (Å²) in [5.41, 5.74) is -0.694. The van der Waals surface area contributed by atoms with Gasteiger partial charge in [-0.25, -0.2) is 14.4 Å². The molecule has 1 spiro atoms. The van der Waals surface area contributed by atoms with Crippen LogP contribution in [0.1, 0.15) is 40.0 Å². The van der Waals surface area contributed by atoms with Crippen molar-refractivity contribution in [1.82, 2.24) is 0 Å². The van der Waals surface area contributed by atoms with Crippen LogP contribution < -0.4 is 0 Å². The number of carbonyl (C=O) groups excluding carboxylic acids is 2. The Labute approximate surface area is 209 Å². The standard InChI is InChI=1S/C27H32O9/c1-17-8-11-26(19(14-17)35-18-9-10-25(26,3)27(18)16-34-27)15-33-23(31)22-24(2,36-22)12-13-32-21(30)7-5-4-6-20(28)29/h4-8,11,14,18-19,22H,9-10,12-13,15-16H2,1-3H3,(H,28,29). The van der Waals surface area contributed by atoms with E-state index in [0.29, 0.717) is 13.0 Å². The lowest BCUT2D eigenvalue weighted by atomic mass is 9.54. The molecule has 3 heterocycles. The summed E-state index contributed by atoms with van der Waals surface area (Å²) in [5.74, 6) is -2.16. The van der Waals surface area contributed by atoms with Gasteiger partial charge >= 0.3 is 17.9 Å². The van der Waals surface area contributed by atoms with Gasteiger partial charge in [-0.05, 0) is 26.7 Å². The third-order valence-electron chi connectivity index (χ3n) is 8.70. The zero-order chi connectivity index (χ0) is 25.8. The fraction of sp³-hybridized carbons (Fsp3) is 0.593. The Balaban J connectivity index is 1.17. The number of carboxylic acids is 1. The monoisotopic (exact) mass is 500 g/mol. The molecule has 3 saturated heterocycles. The Hall–Kier alpha value is -2.75. The molecule has 4 fully saturated rings. The molecule has 2 bridgehead atoms. The largest absolute Gasteiger partial charge is 0.478 e. The van der Waals surface area contributed by atoms with Crippen molar-refractivity contribution in [2.24, 2.45) is 10.8 Å². The van der Waals surface area contributed by atoms with E-state index in [1.807, 2.05) is 6.92 Å². The zero-order valence-electron chi connectivity index (χ0n) is 20.7. The molecule has 3 aliphatic heterocycles. The summed E-state index contributed by atoms with van der Waals surface area (Å²) < 4.78 is 29.2. The minimum atomic E-state index is -1.11. The molecule has 0 amide bonds. The van der Waals surface area contributed by atoms with Gasteiger partial charge in [0.2, 0.25) is 0 Å². The molecular formula is C27H32O9. The van der Waals surface area contributed by atoms with Crippen LogP contribution in [0.15, 0.2) is 48.1 Å². The molecule has 5 aliphatic rings. The molecule has 2 aliphatic carbocycles. The van der Waals surface area contributed by atoms with Crippen LogP contribution in [-0.4, -0.2) is 72.3 Å². The molecule has 7 unspecified atom stereocenters. The summed E-state index contributed by atoms with van der Waals surface area (Å²) in [6, 6.07) is 0. The first-order chi connectivity index (χ1) is 17.1. The number of aliphatic carboxylic acids is 1. The Bertz CT molecular complexity index is 1080. The number of hydrogen-bond acceptors (Lipinski definition) is 8. The molecule has 7 atom stereocenters. The fourth-order valence-electron chi connectivity index (χ4n) is 6.21. The first-order valence-corrected chi connectivity index (χ1v) is 12.3. The van der Waals surface area contributed by atoms with Crippen LogP contribution in [0.2, 0.25) is 0 Å². The maximum Gasteiger partial charge on any atom is 0.338 e. The van der Waals surface area contributed by atoms with Crippen molar-refractivity contribution >= 4 is 17.9 Å². The summed E-state index contributed by atoms with van der Waals surface area (Å²) >= 11 is 0. The Morgan fingerprint density at radius 1 is 1.19 bits per heavy atom. The van der Waals surface area contributed by atoms with E-state index < -0.39 is 35.0 Å². The van der Waals surface area contributed by atoms with Crippen LogP contribution in [0.5, 0.6) is 0 Å². The van der Waals surface area contributed by atoms with Crippen molar-refractivity contribution in [3.8, 4) is 0 Å². The van der Waals surface area contributed by atoms with Gasteiger partial charge in [0.1, 0.15) is 17.8 Å². The van der Waals surface area contributed by atoms with Gasteiger partial charge in [0.15, 0.2) is 6.10 Å². The molecule has 1 saturated carbocycles. The molecule has 9 heteroatoms.